The second-order valence-electron chi connectivity index (χ2n) is 3.99. The lowest BCUT2D eigenvalue weighted by molar-refractivity contribution is 0.0183. The lowest BCUT2D eigenvalue weighted by Gasteiger charge is -2.15. The average molecular weight is 280 g/mol. The van der Waals surface area contributed by atoms with Gasteiger partial charge in [-0.1, -0.05) is 6.07 Å². The predicted molar refractivity (Wildman–Crippen MR) is 73.3 cm³/mol. The molecule has 0 saturated carbocycles. The molecule has 6 nitrogen and oxygen atoms in total. The Labute approximate surface area is 116 Å². The molecular formula is C12H16N4O2S. The molecule has 0 spiro atoms. The Morgan fingerprint density at radius 3 is 2.89 bits per heavy atom. The molecule has 0 bridgehead atoms. The van der Waals surface area contributed by atoms with Crippen LogP contribution in [0, 0.1) is 4.77 Å². The topological polar surface area (TPSA) is 65.0 Å². The predicted octanol–water partition coefficient (Wildman–Crippen LogP) is 1.66. The molecule has 0 aliphatic rings. The smallest absolute Gasteiger partial charge is 0.195 e. The summed E-state index contributed by atoms with van der Waals surface area (Å²) in [5, 5.41) is 7.01. The highest BCUT2D eigenvalue weighted by Gasteiger charge is 2.14. The van der Waals surface area contributed by atoms with Gasteiger partial charge in [0.05, 0.1) is 19.3 Å². The number of hydrogen-bond donors (Lipinski definition) is 1. The van der Waals surface area contributed by atoms with Crippen molar-refractivity contribution < 1.29 is 9.47 Å². The van der Waals surface area contributed by atoms with Gasteiger partial charge in [-0.05, 0) is 24.4 Å². The van der Waals surface area contributed by atoms with Crippen LogP contribution in [0.3, 0.4) is 0 Å². The normalized spacial score (nSPS) is 12.5. The molecule has 2 aromatic heterocycles. The summed E-state index contributed by atoms with van der Waals surface area (Å²) in [5.74, 6) is 0.698. The van der Waals surface area contributed by atoms with Crippen LogP contribution < -0.4 is 0 Å². The Kier molecular flexibility index (Phi) is 4.78. The standard InChI is InChI=1S/C12H16N4O2S/c1-17-8-9(18-2)7-16-11(14-15-12(16)19)10-5-3-4-6-13-10/h3-6,9H,7-8H2,1-2H3,(H,15,19). The fourth-order valence-corrected chi connectivity index (χ4v) is 1.97. The fraction of sp³-hybridized carbons (Fsp3) is 0.417. The van der Waals surface area contributed by atoms with Crippen molar-refractivity contribution >= 4 is 12.2 Å². The highest BCUT2D eigenvalue weighted by molar-refractivity contribution is 7.71. The Balaban J connectivity index is 2.30. The van der Waals surface area contributed by atoms with E-state index in [1.807, 2.05) is 22.8 Å². The third kappa shape index (κ3) is 3.25. The zero-order chi connectivity index (χ0) is 13.7. The zero-order valence-corrected chi connectivity index (χ0v) is 11.7. The quantitative estimate of drug-likeness (QED) is 0.815. The summed E-state index contributed by atoms with van der Waals surface area (Å²) in [7, 11) is 3.29. The van der Waals surface area contributed by atoms with Crippen molar-refractivity contribution in [3.05, 3.63) is 29.2 Å². The molecular weight excluding hydrogens is 264 g/mol. The number of aromatic nitrogens is 4. The first kappa shape index (κ1) is 13.9. The van der Waals surface area contributed by atoms with E-state index in [0.29, 0.717) is 23.7 Å². The number of hydrogen-bond acceptors (Lipinski definition) is 5. The third-order valence-corrected chi connectivity index (χ3v) is 3.04. The molecule has 0 fully saturated rings. The molecule has 0 aliphatic carbocycles. The van der Waals surface area contributed by atoms with E-state index in [-0.39, 0.29) is 6.10 Å². The van der Waals surface area contributed by atoms with E-state index in [9.17, 15) is 0 Å². The van der Waals surface area contributed by atoms with Gasteiger partial charge in [-0.25, -0.2) is 0 Å². The lowest BCUT2D eigenvalue weighted by Crippen LogP contribution is -2.24. The van der Waals surface area contributed by atoms with Crippen LogP contribution in [0.5, 0.6) is 0 Å². The number of nitrogens with one attached hydrogen (secondary N) is 1. The maximum atomic E-state index is 5.36. The molecule has 0 radical (unpaired) electrons. The van der Waals surface area contributed by atoms with Gasteiger partial charge in [0, 0.05) is 20.4 Å². The molecule has 2 heterocycles. The highest BCUT2D eigenvalue weighted by atomic mass is 32.1. The monoisotopic (exact) mass is 280 g/mol. The van der Waals surface area contributed by atoms with Gasteiger partial charge in [-0.15, -0.1) is 0 Å². The van der Waals surface area contributed by atoms with Crippen molar-refractivity contribution in [1.29, 1.82) is 0 Å². The first-order valence-electron chi connectivity index (χ1n) is 5.84. The van der Waals surface area contributed by atoms with Crippen LogP contribution in [-0.2, 0) is 16.0 Å². The second kappa shape index (κ2) is 6.55. The van der Waals surface area contributed by atoms with Gasteiger partial charge in [-0.2, -0.15) is 5.10 Å². The van der Waals surface area contributed by atoms with Gasteiger partial charge in [0.1, 0.15) is 5.69 Å². The van der Waals surface area contributed by atoms with Crippen LogP contribution in [0.25, 0.3) is 11.5 Å². The molecule has 19 heavy (non-hydrogen) atoms. The van der Waals surface area contributed by atoms with Gasteiger partial charge in [0.2, 0.25) is 0 Å². The van der Waals surface area contributed by atoms with Crippen molar-refractivity contribution in [1.82, 2.24) is 19.7 Å². The van der Waals surface area contributed by atoms with Crippen LogP contribution in [-0.4, -0.2) is 46.7 Å². The van der Waals surface area contributed by atoms with Crippen molar-refractivity contribution in [2.24, 2.45) is 0 Å². The maximum Gasteiger partial charge on any atom is 0.195 e. The first-order chi connectivity index (χ1) is 9.26. The summed E-state index contributed by atoms with van der Waals surface area (Å²) < 4.78 is 12.9. The van der Waals surface area contributed by atoms with E-state index in [2.05, 4.69) is 15.2 Å². The number of rotatable bonds is 6. The first-order valence-corrected chi connectivity index (χ1v) is 6.25. The summed E-state index contributed by atoms with van der Waals surface area (Å²) in [6.45, 7) is 1.05. The van der Waals surface area contributed by atoms with Crippen LogP contribution in [0.15, 0.2) is 24.4 Å². The van der Waals surface area contributed by atoms with Crippen molar-refractivity contribution in [2.75, 3.05) is 20.8 Å². The van der Waals surface area contributed by atoms with Gasteiger partial charge in [0.15, 0.2) is 10.6 Å². The Morgan fingerprint density at radius 2 is 2.26 bits per heavy atom. The molecule has 0 saturated heterocycles. The number of nitrogens with zero attached hydrogens (tertiary/aromatic N) is 3. The van der Waals surface area contributed by atoms with Gasteiger partial charge in [0.25, 0.3) is 0 Å². The minimum atomic E-state index is -0.0863. The molecule has 1 unspecified atom stereocenters. The summed E-state index contributed by atoms with van der Waals surface area (Å²) in [6.07, 6.45) is 1.64. The lowest BCUT2D eigenvalue weighted by atomic mass is 10.3. The van der Waals surface area contributed by atoms with Gasteiger partial charge in [-0.3, -0.25) is 14.6 Å². The zero-order valence-electron chi connectivity index (χ0n) is 10.9. The Morgan fingerprint density at radius 1 is 1.42 bits per heavy atom. The average Bonchev–Trinajstić information content (AvgIpc) is 2.80. The van der Waals surface area contributed by atoms with Crippen LogP contribution in [0.1, 0.15) is 0 Å². The molecule has 0 aromatic carbocycles. The second-order valence-corrected chi connectivity index (χ2v) is 4.38. The fourth-order valence-electron chi connectivity index (χ4n) is 1.76. The van der Waals surface area contributed by atoms with Crippen molar-refractivity contribution in [2.45, 2.75) is 12.6 Å². The van der Waals surface area contributed by atoms with E-state index >= 15 is 0 Å². The Hall–Kier alpha value is -1.57. The maximum absolute atomic E-state index is 5.36. The summed E-state index contributed by atoms with van der Waals surface area (Å²) in [6, 6.07) is 5.66. The molecule has 2 aromatic rings. The molecule has 0 aliphatic heterocycles. The molecule has 0 amide bonds. The van der Waals surface area contributed by atoms with E-state index in [4.69, 9.17) is 21.7 Å². The molecule has 102 valence electrons. The van der Waals surface area contributed by atoms with Crippen molar-refractivity contribution in [3.8, 4) is 11.5 Å². The van der Waals surface area contributed by atoms with Crippen LogP contribution in [0.2, 0.25) is 0 Å². The van der Waals surface area contributed by atoms with E-state index < -0.39 is 0 Å². The molecule has 2 rings (SSSR count). The highest BCUT2D eigenvalue weighted by Crippen LogP contribution is 2.14. The van der Waals surface area contributed by atoms with Crippen LogP contribution >= 0.6 is 12.2 Å². The molecule has 7 heteroatoms. The number of H-pyrrole nitrogens is 1. The van der Waals surface area contributed by atoms with Crippen LogP contribution in [0.4, 0.5) is 0 Å². The molecule has 1 atom stereocenters. The van der Waals surface area contributed by atoms with Gasteiger partial charge < -0.3 is 9.47 Å². The summed E-state index contributed by atoms with van der Waals surface area (Å²) >= 11 is 5.24. The molecule has 1 N–H and O–H groups in total. The number of pyridine rings is 1. The van der Waals surface area contributed by atoms with Crippen molar-refractivity contribution in [3.63, 3.8) is 0 Å². The number of methoxy groups -OCH3 is 2. The largest absolute Gasteiger partial charge is 0.382 e. The number of ether oxygens (including phenoxy) is 2. The third-order valence-electron chi connectivity index (χ3n) is 2.72. The van der Waals surface area contributed by atoms with E-state index in [0.717, 1.165) is 5.69 Å². The number of aromatic amines is 1. The SMILES string of the molecule is COCC(Cn1c(-c2ccccn2)n[nH]c1=S)OC. The summed E-state index contributed by atoms with van der Waals surface area (Å²) in [4.78, 5) is 4.28. The summed E-state index contributed by atoms with van der Waals surface area (Å²) in [5.41, 5.74) is 0.766. The van der Waals surface area contributed by atoms with E-state index in [1.54, 1.807) is 20.4 Å². The Bertz CT molecular complexity index is 567. The minimum Gasteiger partial charge on any atom is -0.382 e. The van der Waals surface area contributed by atoms with Gasteiger partial charge >= 0.3 is 0 Å². The van der Waals surface area contributed by atoms with E-state index in [1.165, 1.54) is 0 Å². The minimum absolute atomic E-state index is 0.0863.